The molecule has 0 aliphatic carbocycles. The molecule has 5 heteroatoms. The van der Waals surface area contributed by atoms with Crippen LogP contribution in [0.15, 0.2) is 9.47 Å². The van der Waals surface area contributed by atoms with Crippen LogP contribution in [0.5, 0.6) is 0 Å². The normalized spacial score (nSPS) is 37.2. The first-order valence-corrected chi connectivity index (χ1v) is 5.89. The van der Waals surface area contributed by atoms with E-state index in [0.29, 0.717) is 6.42 Å². The van der Waals surface area contributed by atoms with Crippen molar-refractivity contribution in [3.8, 4) is 0 Å². The minimum Gasteiger partial charge on any atom is -0.388 e. The van der Waals surface area contributed by atoms with Crippen molar-refractivity contribution in [3.05, 3.63) is 16.4 Å². The quantitative estimate of drug-likeness (QED) is 0.827. The number of aliphatic hydroxyl groups excluding tert-OH is 2. The predicted octanol–water partition coefficient (Wildman–Crippen LogP) is 1.60. The Morgan fingerprint density at radius 3 is 2.43 bits per heavy atom. The highest BCUT2D eigenvalue weighted by molar-refractivity contribution is 9.28. The Hall–Kier alpha value is 0.580. The van der Waals surface area contributed by atoms with E-state index in [9.17, 15) is 10.2 Å². The van der Waals surface area contributed by atoms with Crippen LogP contribution in [0, 0.1) is 6.92 Å². The average Bonchev–Trinajstić information content (AvgIpc) is 2.33. The predicted molar refractivity (Wildman–Crippen MR) is 60.1 cm³/mol. The van der Waals surface area contributed by atoms with Gasteiger partial charge in [0.2, 0.25) is 0 Å². The van der Waals surface area contributed by atoms with Crippen LogP contribution in [0.4, 0.5) is 0 Å². The van der Waals surface area contributed by atoms with E-state index in [0.717, 1.165) is 9.81 Å². The van der Waals surface area contributed by atoms with Gasteiger partial charge >= 0.3 is 0 Å². The van der Waals surface area contributed by atoms with Gasteiger partial charge in [0, 0.05) is 0 Å². The van der Waals surface area contributed by atoms with E-state index in [1.54, 1.807) is 0 Å². The fourth-order valence-electron chi connectivity index (χ4n) is 1.37. The van der Waals surface area contributed by atoms with Crippen LogP contribution < -0.4 is 0 Å². The number of aliphatic hydroxyl groups is 2. The summed E-state index contributed by atoms with van der Waals surface area (Å²) in [5.41, 5.74) is 0. The highest BCUT2D eigenvalue weighted by Crippen LogP contribution is 2.25. The third-order valence-corrected chi connectivity index (χ3v) is 2.80. The number of hydrogen-bond donors (Lipinski definition) is 2. The lowest BCUT2D eigenvalue weighted by molar-refractivity contribution is 0.0169. The van der Waals surface area contributed by atoms with Crippen molar-refractivity contribution in [2.45, 2.75) is 37.3 Å². The maximum absolute atomic E-state index is 9.49. The third kappa shape index (κ3) is 3.31. The SMILES string of the molecule is [CH][C@@H]1O[C@H](CCC=C(Br)Br)[C@H](O)C1O. The average molecular weight is 328 g/mol. The van der Waals surface area contributed by atoms with E-state index < -0.39 is 18.3 Å². The van der Waals surface area contributed by atoms with Crippen molar-refractivity contribution in [1.29, 1.82) is 0 Å². The van der Waals surface area contributed by atoms with Gasteiger partial charge in [0.1, 0.15) is 12.2 Å². The first-order chi connectivity index (χ1) is 6.52. The number of ether oxygens (including phenoxy) is 1. The van der Waals surface area contributed by atoms with E-state index in [4.69, 9.17) is 11.7 Å². The summed E-state index contributed by atoms with van der Waals surface area (Å²) in [5.74, 6) is 0. The summed E-state index contributed by atoms with van der Waals surface area (Å²) in [7, 11) is 0. The topological polar surface area (TPSA) is 49.7 Å². The monoisotopic (exact) mass is 326 g/mol. The molecular formula is C9H12Br2O3. The van der Waals surface area contributed by atoms with Gasteiger partial charge in [-0.25, -0.2) is 0 Å². The smallest absolute Gasteiger partial charge is 0.109 e. The number of rotatable bonds is 3. The lowest BCUT2D eigenvalue weighted by atomic mass is 10.1. The molecule has 0 bridgehead atoms. The highest BCUT2D eigenvalue weighted by Gasteiger charge is 2.39. The van der Waals surface area contributed by atoms with E-state index >= 15 is 0 Å². The van der Waals surface area contributed by atoms with Gasteiger partial charge in [0.05, 0.1) is 15.6 Å². The molecule has 0 aromatic heterocycles. The largest absolute Gasteiger partial charge is 0.388 e. The molecule has 0 saturated carbocycles. The molecule has 1 aliphatic rings. The van der Waals surface area contributed by atoms with Crippen LogP contribution >= 0.6 is 31.9 Å². The molecule has 2 radical (unpaired) electrons. The zero-order valence-corrected chi connectivity index (χ0v) is 10.6. The Kier molecular flexibility index (Phi) is 5.06. The van der Waals surface area contributed by atoms with Gasteiger partial charge in [0.25, 0.3) is 0 Å². The highest BCUT2D eigenvalue weighted by atomic mass is 79.9. The molecule has 0 amide bonds. The van der Waals surface area contributed by atoms with Crippen LogP contribution in [0.25, 0.3) is 0 Å². The minimum atomic E-state index is -0.976. The number of allylic oxidation sites excluding steroid dienone is 1. The molecule has 3 nitrogen and oxygen atoms in total. The van der Waals surface area contributed by atoms with E-state index in [-0.39, 0.29) is 6.10 Å². The first kappa shape index (κ1) is 12.6. The number of halogens is 2. The summed E-state index contributed by atoms with van der Waals surface area (Å²) < 4.78 is 6.05. The zero-order valence-electron chi connectivity index (χ0n) is 7.44. The maximum Gasteiger partial charge on any atom is 0.109 e. The molecule has 1 saturated heterocycles. The summed E-state index contributed by atoms with van der Waals surface area (Å²) >= 11 is 6.45. The van der Waals surface area contributed by atoms with E-state index in [1.165, 1.54) is 0 Å². The molecule has 4 atom stereocenters. The second-order valence-electron chi connectivity index (χ2n) is 3.19. The lowest BCUT2D eigenvalue weighted by Crippen LogP contribution is -2.31. The summed E-state index contributed by atoms with van der Waals surface area (Å²) in [4.78, 5) is 0. The lowest BCUT2D eigenvalue weighted by Gasteiger charge is -2.12. The number of hydrogen-bond acceptors (Lipinski definition) is 3. The molecule has 1 fully saturated rings. The second-order valence-corrected chi connectivity index (χ2v) is 5.96. The van der Waals surface area contributed by atoms with E-state index in [1.807, 2.05) is 6.08 Å². The van der Waals surface area contributed by atoms with Gasteiger partial charge in [0.15, 0.2) is 0 Å². The molecule has 1 heterocycles. The standard InChI is InChI=1S/C9H12Br2O3/c1-5-8(12)9(13)6(14-5)3-2-4-7(10)11/h1,4-6,8-9,12-13H,2-3H2/t5-,6+,8?,9-/m0/s1. The molecule has 0 aromatic carbocycles. The summed E-state index contributed by atoms with van der Waals surface area (Å²) in [6, 6.07) is 0. The van der Waals surface area contributed by atoms with Crippen LogP contribution in [0.1, 0.15) is 12.8 Å². The van der Waals surface area contributed by atoms with Crippen molar-refractivity contribution < 1.29 is 14.9 Å². The maximum atomic E-state index is 9.49. The Balaban J connectivity index is 2.36. The van der Waals surface area contributed by atoms with Crippen molar-refractivity contribution in [3.63, 3.8) is 0 Å². The Bertz CT molecular complexity index is 216. The van der Waals surface area contributed by atoms with Crippen LogP contribution in [-0.4, -0.2) is 34.6 Å². The second kappa shape index (κ2) is 5.61. The van der Waals surface area contributed by atoms with Gasteiger partial charge in [-0.05, 0) is 51.6 Å². The molecule has 2 N–H and O–H groups in total. The Morgan fingerprint density at radius 1 is 1.36 bits per heavy atom. The van der Waals surface area contributed by atoms with Crippen LogP contribution in [0.3, 0.4) is 0 Å². The van der Waals surface area contributed by atoms with Crippen LogP contribution in [-0.2, 0) is 4.74 Å². The molecule has 1 rings (SSSR count). The van der Waals surface area contributed by atoms with Crippen molar-refractivity contribution in [2.24, 2.45) is 0 Å². The summed E-state index contributed by atoms with van der Waals surface area (Å²) in [6.07, 6.45) is 0.275. The van der Waals surface area contributed by atoms with Crippen LogP contribution in [0.2, 0.25) is 0 Å². The fourth-order valence-corrected chi connectivity index (χ4v) is 1.83. The van der Waals surface area contributed by atoms with Gasteiger partial charge in [-0.1, -0.05) is 6.08 Å². The van der Waals surface area contributed by atoms with Crippen molar-refractivity contribution in [2.75, 3.05) is 0 Å². The molecule has 0 spiro atoms. The van der Waals surface area contributed by atoms with E-state index in [2.05, 4.69) is 31.9 Å². The third-order valence-electron chi connectivity index (χ3n) is 2.15. The molecule has 80 valence electrons. The summed E-state index contributed by atoms with van der Waals surface area (Å²) in [5, 5.41) is 18.8. The summed E-state index contributed by atoms with van der Waals surface area (Å²) in [6.45, 7) is 5.42. The zero-order chi connectivity index (χ0) is 10.7. The minimum absolute atomic E-state index is 0.379. The molecular weight excluding hydrogens is 316 g/mol. The first-order valence-electron chi connectivity index (χ1n) is 4.30. The fraction of sp³-hybridized carbons (Fsp3) is 0.667. The van der Waals surface area contributed by atoms with Crippen molar-refractivity contribution >= 4 is 31.9 Å². The van der Waals surface area contributed by atoms with Gasteiger partial charge in [-0.15, -0.1) is 0 Å². The Labute approximate surface area is 100 Å². The van der Waals surface area contributed by atoms with Gasteiger partial charge in [-0.2, -0.15) is 0 Å². The van der Waals surface area contributed by atoms with Crippen molar-refractivity contribution in [1.82, 2.24) is 0 Å². The van der Waals surface area contributed by atoms with Gasteiger partial charge < -0.3 is 14.9 Å². The molecule has 1 unspecified atom stereocenters. The van der Waals surface area contributed by atoms with Gasteiger partial charge in [-0.3, -0.25) is 0 Å². The molecule has 14 heavy (non-hydrogen) atoms. The Morgan fingerprint density at radius 2 is 2.00 bits per heavy atom. The molecule has 1 aliphatic heterocycles. The molecule has 0 aromatic rings.